The van der Waals surface area contributed by atoms with Crippen molar-refractivity contribution in [3.05, 3.63) is 23.8 Å². The van der Waals surface area contributed by atoms with E-state index in [-0.39, 0.29) is 18.6 Å². The number of rotatable bonds is 3. The van der Waals surface area contributed by atoms with Gasteiger partial charge in [-0.25, -0.2) is 5.43 Å². The van der Waals surface area contributed by atoms with Gasteiger partial charge in [-0.2, -0.15) is 15.1 Å². The number of ether oxygens (including phenoxy) is 2. The lowest BCUT2D eigenvalue weighted by atomic mass is 10.2. The zero-order valence-corrected chi connectivity index (χ0v) is 11.8. The Balaban J connectivity index is 1.54. The number of nitrogens with two attached hydrogens (primary N) is 1. The van der Waals surface area contributed by atoms with Crippen LogP contribution >= 0.6 is 0 Å². The maximum atomic E-state index is 5.85. The van der Waals surface area contributed by atoms with Crippen molar-refractivity contribution in [2.45, 2.75) is 0 Å². The molecule has 0 fully saturated rings. The van der Waals surface area contributed by atoms with Crippen molar-refractivity contribution >= 4 is 29.5 Å². The van der Waals surface area contributed by atoms with Crippen molar-refractivity contribution in [1.29, 1.82) is 0 Å². The molecule has 0 saturated carbocycles. The summed E-state index contributed by atoms with van der Waals surface area (Å²) in [7, 11) is 0. The summed E-state index contributed by atoms with van der Waals surface area (Å²) in [6.45, 7) is 0.206. The molecule has 0 unspecified atom stereocenters. The Morgan fingerprint density at radius 1 is 1.26 bits per heavy atom. The Hall–Kier alpha value is -3.67. The standard InChI is InChI=1S/C14H11N7O2/c15-12-10-13(17-5-4-16-10)20-14(19-12)21-18-6-8-2-1-3-9-11(8)23-7-22-9/h1-3,6,16H,7H2,(H4,15,17,19,20,21)/b18-6+. The topological polar surface area (TPSA) is 119 Å². The first-order valence-electron chi connectivity index (χ1n) is 6.68. The maximum Gasteiger partial charge on any atom is 0.247 e. The Morgan fingerprint density at radius 3 is 3.13 bits per heavy atom. The lowest BCUT2D eigenvalue weighted by Crippen LogP contribution is -2.11. The quantitative estimate of drug-likeness (QED) is 0.376. The molecule has 2 aliphatic rings. The van der Waals surface area contributed by atoms with Crippen LogP contribution in [0.15, 0.2) is 23.3 Å². The molecular weight excluding hydrogens is 298 g/mol. The molecule has 9 nitrogen and oxygen atoms in total. The van der Waals surface area contributed by atoms with Gasteiger partial charge in [-0.1, -0.05) is 6.07 Å². The third-order valence-electron chi connectivity index (χ3n) is 3.16. The number of hydrogen-bond donors (Lipinski definition) is 4. The molecule has 0 atom stereocenters. The summed E-state index contributed by atoms with van der Waals surface area (Å²) in [5.41, 5.74) is 9.91. The van der Waals surface area contributed by atoms with Gasteiger partial charge in [-0.3, -0.25) is 5.32 Å². The van der Waals surface area contributed by atoms with E-state index < -0.39 is 0 Å². The number of hydrazone groups is 1. The van der Waals surface area contributed by atoms with E-state index in [1.807, 2.05) is 18.2 Å². The smallest absolute Gasteiger partial charge is 0.247 e. The fourth-order valence-electron chi connectivity index (χ4n) is 2.14. The van der Waals surface area contributed by atoms with Crippen molar-refractivity contribution < 1.29 is 9.47 Å². The average Bonchev–Trinajstić information content (AvgIpc) is 3.04. The molecule has 0 saturated heterocycles. The van der Waals surface area contributed by atoms with Crippen molar-refractivity contribution in [2.75, 3.05) is 28.6 Å². The summed E-state index contributed by atoms with van der Waals surface area (Å²) in [5, 5.41) is 9.70. The molecule has 114 valence electrons. The third kappa shape index (κ3) is 2.38. The summed E-state index contributed by atoms with van der Waals surface area (Å²) in [5.74, 6) is 2.36. The van der Waals surface area contributed by atoms with Gasteiger partial charge in [0.1, 0.15) is 5.69 Å². The number of benzene rings is 1. The fraction of sp³-hybridized carbons (Fsp3) is 0.0714. The summed E-state index contributed by atoms with van der Waals surface area (Å²) in [4.78, 5) is 8.34. The Morgan fingerprint density at radius 2 is 2.17 bits per heavy atom. The highest BCUT2D eigenvalue weighted by atomic mass is 16.7. The zero-order valence-electron chi connectivity index (χ0n) is 11.8. The second-order valence-corrected chi connectivity index (χ2v) is 4.61. The molecule has 0 bridgehead atoms. The van der Waals surface area contributed by atoms with Crippen LogP contribution in [0.1, 0.15) is 5.56 Å². The summed E-state index contributed by atoms with van der Waals surface area (Å²) >= 11 is 0. The molecule has 23 heavy (non-hydrogen) atoms. The van der Waals surface area contributed by atoms with Crippen molar-refractivity contribution in [2.24, 2.45) is 5.10 Å². The largest absolute Gasteiger partial charge is 0.454 e. The number of para-hydroxylation sites is 1. The second-order valence-electron chi connectivity index (χ2n) is 4.61. The van der Waals surface area contributed by atoms with E-state index in [2.05, 4.69) is 43.2 Å². The lowest BCUT2D eigenvalue weighted by Gasteiger charge is -2.12. The van der Waals surface area contributed by atoms with E-state index >= 15 is 0 Å². The molecule has 4 rings (SSSR count). The molecule has 0 spiro atoms. The molecule has 2 aliphatic heterocycles. The summed E-state index contributed by atoms with van der Waals surface area (Å²) < 4.78 is 10.7. The van der Waals surface area contributed by atoms with Crippen LogP contribution in [0, 0.1) is 12.1 Å². The van der Waals surface area contributed by atoms with Crippen molar-refractivity contribution in [3.8, 4) is 23.6 Å². The van der Waals surface area contributed by atoms with Gasteiger partial charge < -0.3 is 20.5 Å². The molecule has 0 radical (unpaired) electrons. The van der Waals surface area contributed by atoms with E-state index in [1.165, 1.54) is 0 Å². The predicted molar refractivity (Wildman–Crippen MR) is 85.2 cm³/mol. The first-order valence-corrected chi connectivity index (χ1v) is 6.68. The zero-order chi connectivity index (χ0) is 15.6. The van der Waals surface area contributed by atoms with E-state index in [1.54, 1.807) is 6.21 Å². The van der Waals surface area contributed by atoms with Gasteiger partial charge in [-0.05, 0) is 12.1 Å². The molecule has 5 N–H and O–H groups in total. The normalized spacial score (nSPS) is 13.6. The summed E-state index contributed by atoms with van der Waals surface area (Å²) in [6.07, 6.45) is 1.60. The molecule has 1 aromatic carbocycles. The highest BCUT2D eigenvalue weighted by Crippen LogP contribution is 2.34. The Bertz CT molecular complexity index is 869. The minimum absolute atomic E-state index is 0.206. The number of nitrogens with one attached hydrogen (secondary N) is 3. The minimum Gasteiger partial charge on any atom is -0.454 e. The van der Waals surface area contributed by atoms with Crippen LogP contribution < -0.4 is 31.3 Å². The van der Waals surface area contributed by atoms with Gasteiger partial charge in [0.2, 0.25) is 12.7 Å². The molecule has 0 aliphatic carbocycles. The van der Waals surface area contributed by atoms with E-state index in [0.717, 1.165) is 5.56 Å². The van der Waals surface area contributed by atoms with Crippen LogP contribution in [-0.2, 0) is 0 Å². The highest BCUT2D eigenvalue weighted by molar-refractivity contribution is 5.86. The van der Waals surface area contributed by atoms with Gasteiger partial charge in [0, 0.05) is 17.7 Å². The van der Waals surface area contributed by atoms with Gasteiger partial charge >= 0.3 is 0 Å². The van der Waals surface area contributed by atoms with Crippen LogP contribution in [0.25, 0.3) is 0 Å². The second kappa shape index (κ2) is 5.27. The molecule has 1 aromatic heterocycles. The SMILES string of the molecule is Nc1nc(N/N=C/c2cccc3c2OCO3)nc2c1NC#CN2. The number of aromatic nitrogens is 2. The lowest BCUT2D eigenvalue weighted by molar-refractivity contribution is 0.174. The molecule has 2 aromatic rings. The van der Waals surface area contributed by atoms with Gasteiger partial charge in [0.15, 0.2) is 23.1 Å². The van der Waals surface area contributed by atoms with Gasteiger partial charge in [-0.15, -0.1) is 0 Å². The van der Waals surface area contributed by atoms with Crippen LogP contribution in [0.3, 0.4) is 0 Å². The third-order valence-corrected chi connectivity index (χ3v) is 3.16. The number of hydrogen-bond acceptors (Lipinski definition) is 9. The van der Waals surface area contributed by atoms with Crippen LogP contribution in [0.2, 0.25) is 0 Å². The van der Waals surface area contributed by atoms with Crippen LogP contribution in [0.5, 0.6) is 11.5 Å². The number of anilines is 4. The highest BCUT2D eigenvalue weighted by Gasteiger charge is 2.16. The van der Waals surface area contributed by atoms with E-state index in [0.29, 0.717) is 23.0 Å². The first-order chi connectivity index (χ1) is 11.3. The molecular formula is C14H11N7O2. The first kappa shape index (κ1) is 13.0. The predicted octanol–water partition coefficient (Wildman–Crippen LogP) is 0.989. The Labute approximate surface area is 130 Å². The number of nitrogen functional groups attached to an aromatic ring is 1. The van der Waals surface area contributed by atoms with Crippen LogP contribution in [0.4, 0.5) is 23.3 Å². The van der Waals surface area contributed by atoms with Crippen molar-refractivity contribution in [1.82, 2.24) is 9.97 Å². The molecule has 9 heteroatoms. The molecule has 3 heterocycles. The maximum absolute atomic E-state index is 5.85. The van der Waals surface area contributed by atoms with Crippen molar-refractivity contribution in [3.63, 3.8) is 0 Å². The minimum atomic E-state index is 0.206. The van der Waals surface area contributed by atoms with Crippen LogP contribution in [-0.4, -0.2) is 23.0 Å². The summed E-state index contributed by atoms with van der Waals surface area (Å²) in [6, 6.07) is 10.8. The van der Waals surface area contributed by atoms with Gasteiger partial charge in [0.25, 0.3) is 0 Å². The average molecular weight is 309 g/mol. The number of nitrogens with zero attached hydrogens (tertiary/aromatic N) is 3. The monoisotopic (exact) mass is 309 g/mol. The Kier molecular flexibility index (Phi) is 2.98. The number of fused-ring (bicyclic) bond motifs is 2. The van der Waals surface area contributed by atoms with E-state index in [9.17, 15) is 0 Å². The van der Waals surface area contributed by atoms with Gasteiger partial charge in [0.05, 0.1) is 6.21 Å². The molecule has 0 amide bonds. The van der Waals surface area contributed by atoms with E-state index in [4.69, 9.17) is 15.2 Å². The fourth-order valence-corrected chi connectivity index (χ4v) is 2.14.